The van der Waals surface area contributed by atoms with E-state index in [1.165, 1.54) is 5.56 Å². The molecule has 0 aliphatic rings. The van der Waals surface area contributed by atoms with Gasteiger partial charge in [0.1, 0.15) is 0 Å². The molecule has 0 unspecified atom stereocenters. The predicted octanol–water partition coefficient (Wildman–Crippen LogP) is 2.35. The molecule has 1 aromatic carbocycles. The Balaban J connectivity index is 2.49. The second-order valence-electron chi connectivity index (χ2n) is 5.20. The van der Waals surface area contributed by atoms with Crippen LogP contribution >= 0.6 is 12.2 Å². The Morgan fingerprint density at radius 2 is 1.81 bits per heavy atom. The Bertz CT molecular complexity index is 473. The molecule has 0 atom stereocenters. The molecule has 1 aromatic rings. The Labute approximate surface area is 132 Å². The number of nitrogens with two attached hydrogens (primary N) is 1. The van der Waals surface area contributed by atoms with Crippen LogP contribution in [0.15, 0.2) is 24.3 Å². The van der Waals surface area contributed by atoms with Gasteiger partial charge in [-0.25, -0.2) is 0 Å². The lowest BCUT2D eigenvalue weighted by molar-refractivity contribution is -0.129. The Morgan fingerprint density at radius 3 is 2.33 bits per heavy atom. The second-order valence-corrected chi connectivity index (χ2v) is 5.72. The number of hydrogen-bond donors (Lipinski definition) is 1. The first-order valence-corrected chi connectivity index (χ1v) is 7.68. The van der Waals surface area contributed by atoms with Crippen molar-refractivity contribution in [3.05, 3.63) is 29.8 Å². The van der Waals surface area contributed by atoms with Gasteiger partial charge in [-0.05, 0) is 26.0 Å². The first-order chi connectivity index (χ1) is 9.93. The van der Waals surface area contributed by atoms with Gasteiger partial charge in [0.2, 0.25) is 5.91 Å². The van der Waals surface area contributed by atoms with Gasteiger partial charge in [0.25, 0.3) is 0 Å². The molecule has 1 amide bonds. The van der Waals surface area contributed by atoms with Gasteiger partial charge in [-0.3, -0.25) is 4.79 Å². The summed E-state index contributed by atoms with van der Waals surface area (Å²) in [6, 6.07) is 8.38. The van der Waals surface area contributed by atoms with Crippen molar-refractivity contribution in [3.8, 4) is 0 Å². The molecule has 0 saturated carbocycles. The van der Waals surface area contributed by atoms with Crippen LogP contribution in [0.4, 0.5) is 5.69 Å². The lowest BCUT2D eigenvalue weighted by atomic mass is 10.2. The summed E-state index contributed by atoms with van der Waals surface area (Å²) in [4.78, 5) is 16.4. The topological polar surface area (TPSA) is 49.6 Å². The molecule has 2 N–H and O–H groups in total. The molecular formula is C16H25N3OS. The van der Waals surface area contributed by atoms with Crippen molar-refractivity contribution in [1.82, 2.24) is 4.90 Å². The standard InChI is InChI=1S/C16H25N3OS/c1-4-19(14-7-5-13(2)6-8-14)12-10-16(20)18(3)11-9-15(17)21/h5-8H,4,9-12H2,1-3H3,(H2,17,21). The smallest absolute Gasteiger partial charge is 0.224 e. The number of thiocarbonyl (C=S) groups is 1. The number of aryl methyl sites for hydroxylation is 1. The monoisotopic (exact) mass is 307 g/mol. The first-order valence-electron chi connectivity index (χ1n) is 7.28. The number of anilines is 1. The fourth-order valence-electron chi connectivity index (χ4n) is 2.05. The number of hydrogen-bond acceptors (Lipinski definition) is 3. The predicted molar refractivity (Wildman–Crippen MR) is 92.7 cm³/mol. The summed E-state index contributed by atoms with van der Waals surface area (Å²) in [5, 5.41) is 0. The van der Waals surface area contributed by atoms with Crippen LogP contribution in [0, 0.1) is 6.92 Å². The van der Waals surface area contributed by atoms with Crippen molar-refractivity contribution in [3.63, 3.8) is 0 Å². The summed E-state index contributed by atoms with van der Waals surface area (Å²) in [6.07, 6.45) is 1.07. The number of nitrogens with zero attached hydrogens (tertiary/aromatic N) is 2. The van der Waals surface area contributed by atoms with Crippen LogP contribution in [-0.4, -0.2) is 42.5 Å². The number of amides is 1. The molecule has 0 spiro atoms. The average Bonchev–Trinajstić information content (AvgIpc) is 2.46. The largest absolute Gasteiger partial charge is 0.393 e. The van der Waals surface area contributed by atoms with Crippen LogP contribution in [0.5, 0.6) is 0 Å². The molecule has 0 saturated heterocycles. The van der Waals surface area contributed by atoms with E-state index in [2.05, 4.69) is 43.0 Å². The Hall–Kier alpha value is -1.62. The molecule has 0 radical (unpaired) electrons. The summed E-state index contributed by atoms with van der Waals surface area (Å²) in [7, 11) is 1.79. The van der Waals surface area contributed by atoms with Gasteiger partial charge in [-0.15, -0.1) is 0 Å². The van der Waals surface area contributed by atoms with E-state index in [-0.39, 0.29) is 5.91 Å². The minimum Gasteiger partial charge on any atom is -0.393 e. The van der Waals surface area contributed by atoms with E-state index in [0.29, 0.717) is 24.4 Å². The van der Waals surface area contributed by atoms with Gasteiger partial charge in [0.15, 0.2) is 0 Å². The van der Waals surface area contributed by atoms with Crippen LogP contribution in [0.2, 0.25) is 0 Å². The van der Waals surface area contributed by atoms with Crippen LogP contribution in [-0.2, 0) is 4.79 Å². The number of benzene rings is 1. The number of carbonyl (C=O) groups excluding carboxylic acids is 1. The molecule has 0 aliphatic carbocycles. The summed E-state index contributed by atoms with van der Waals surface area (Å²) in [6.45, 7) is 6.36. The van der Waals surface area contributed by atoms with Gasteiger partial charge in [0.05, 0.1) is 4.99 Å². The van der Waals surface area contributed by atoms with E-state index >= 15 is 0 Å². The zero-order valence-electron chi connectivity index (χ0n) is 13.1. The van der Waals surface area contributed by atoms with Crippen LogP contribution in [0.1, 0.15) is 25.3 Å². The van der Waals surface area contributed by atoms with Crippen molar-refractivity contribution in [2.24, 2.45) is 5.73 Å². The van der Waals surface area contributed by atoms with E-state index in [4.69, 9.17) is 18.0 Å². The Morgan fingerprint density at radius 1 is 1.19 bits per heavy atom. The quantitative estimate of drug-likeness (QED) is 0.749. The van der Waals surface area contributed by atoms with E-state index in [1.807, 2.05) is 0 Å². The van der Waals surface area contributed by atoms with Crippen LogP contribution < -0.4 is 10.6 Å². The highest BCUT2D eigenvalue weighted by molar-refractivity contribution is 7.80. The normalized spacial score (nSPS) is 10.2. The highest BCUT2D eigenvalue weighted by Crippen LogP contribution is 2.15. The lowest BCUT2D eigenvalue weighted by Crippen LogP contribution is -2.33. The highest BCUT2D eigenvalue weighted by Gasteiger charge is 2.11. The molecule has 0 aliphatic heterocycles. The SMILES string of the molecule is CCN(CCC(=O)N(C)CCC(N)=S)c1ccc(C)cc1. The van der Waals surface area contributed by atoms with Crippen molar-refractivity contribution >= 4 is 28.8 Å². The van der Waals surface area contributed by atoms with E-state index in [0.717, 1.165) is 18.8 Å². The second kappa shape index (κ2) is 8.62. The minimum absolute atomic E-state index is 0.122. The summed E-state index contributed by atoms with van der Waals surface area (Å²) < 4.78 is 0. The third-order valence-electron chi connectivity index (χ3n) is 3.50. The molecule has 5 heteroatoms. The van der Waals surface area contributed by atoms with Crippen LogP contribution in [0.25, 0.3) is 0 Å². The van der Waals surface area contributed by atoms with Gasteiger partial charge in [0, 0.05) is 45.2 Å². The zero-order valence-corrected chi connectivity index (χ0v) is 13.9. The maximum absolute atomic E-state index is 12.1. The molecule has 4 nitrogen and oxygen atoms in total. The molecule has 21 heavy (non-hydrogen) atoms. The maximum Gasteiger partial charge on any atom is 0.224 e. The van der Waals surface area contributed by atoms with Gasteiger partial charge in [-0.2, -0.15) is 0 Å². The summed E-state index contributed by atoms with van der Waals surface area (Å²) in [5.41, 5.74) is 7.85. The van der Waals surface area contributed by atoms with Gasteiger partial charge >= 0.3 is 0 Å². The first kappa shape index (κ1) is 17.4. The number of rotatable bonds is 8. The fourth-order valence-corrected chi connectivity index (χ4v) is 2.14. The summed E-state index contributed by atoms with van der Waals surface area (Å²) >= 11 is 4.83. The van der Waals surface area contributed by atoms with Crippen molar-refractivity contribution in [2.45, 2.75) is 26.7 Å². The van der Waals surface area contributed by atoms with E-state index in [9.17, 15) is 4.79 Å². The average molecular weight is 307 g/mol. The van der Waals surface area contributed by atoms with Gasteiger partial charge in [-0.1, -0.05) is 29.9 Å². The van der Waals surface area contributed by atoms with Crippen molar-refractivity contribution in [1.29, 1.82) is 0 Å². The molecule has 0 bridgehead atoms. The third-order valence-corrected chi connectivity index (χ3v) is 3.70. The van der Waals surface area contributed by atoms with Gasteiger partial charge < -0.3 is 15.5 Å². The molecular weight excluding hydrogens is 282 g/mol. The van der Waals surface area contributed by atoms with E-state index < -0.39 is 0 Å². The number of carbonyl (C=O) groups is 1. The summed E-state index contributed by atoms with van der Waals surface area (Å²) in [5.74, 6) is 0.122. The molecule has 0 heterocycles. The minimum atomic E-state index is 0.122. The third kappa shape index (κ3) is 6.12. The lowest BCUT2D eigenvalue weighted by Gasteiger charge is -2.24. The van der Waals surface area contributed by atoms with E-state index in [1.54, 1.807) is 11.9 Å². The zero-order chi connectivity index (χ0) is 15.8. The molecule has 1 rings (SSSR count). The van der Waals surface area contributed by atoms with Crippen molar-refractivity contribution < 1.29 is 4.79 Å². The highest BCUT2D eigenvalue weighted by atomic mass is 32.1. The fraction of sp³-hybridized carbons (Fsp3) is 0.500. The molecule has 116 valence electrons. The maximum atomic E-state index is 12.1. The molecule has 0 aromatic heterocycles. The Kier molecular flexibility index (Phi) is 7.15. The van der Waals surface area contributed by atoms with Crippen molar-refractivity contribution in [2.75, 3.05) is 31.6 Å². The van der Waals surface area contributed by atoms with Crippen LogP contribution in [0.3, 0.4) is 0 Å². The molecule has 0 fully saturated rings.